The lowest BCUT2D eigenvalue weighted by atomic mass is 9.80. The van der Waals surface area contributed by atoms with E-state index in [0.29, 0.717) is 36.3 Å². The van der Waals surface area contributed by atoms with Gasteiger partial charge in [0.1, 0.15) is 11.7 Å². The summed E-state index contributed by atoms with van der Waals surface area (Å²) in [4.78, 5) is 31.7. The van der Waals surface area contributed by atoms with Crippen LogP contribution in [0.2, 0.25) is 0 Å². The predicted octanol–water partition coefficient (Wildman–Crippen LogP) is 2.51. The van der Waals surface area contributed by atoms with Crippen molar-refractivity contribution in [3.8, 4) is 0 Å². The first-order valence-electron chi connectivity index (χ1n) is 13.4. The van der Waals surface area contributed by atoms with E-state index in [1.807, 2.05) is 41.9 Å². The molecule has 12 nitrogen and oxygen atoms in total. The molecule has 1 fully saturated rings. The molecule has 0 spiro atoms. The van der Waals surface area contributed by atoms with Crippen molar-refractivity contribution < 1.29 is 23.1 Å². The van der Waals surface area contributed by atoms with Crippen LogP contribution in [0.3, 0.4) is 0 Å². The van der Waals surface area contributed by atoms with Gasteiger partial charge in [0.05, 0.1) is 23.0 Å². The zero-order valence-corrected chi connectivity index (χ0v) is 25.6. The summed E-state index contributed by atoms with van der Waals surface area (Å²) in [5, 5.41) is 20.0. The molecule has 5 N–H and O–H groups in total. The minimum Gasteiger partial charge on any atom is -0.480 e. The maximum Gasteiger partial charge on any atom is 0.320 e. The second-order valence-electron chi connectivity index (χ2n) is 10.7. The van der Waals surface area contributed by atoms with Gasteiger partial charge in [-0.05, 0) is 68.1 Å². The van der Waals surface area contributed by atoms with E-state index in [-0.39, 0.29) is 30.7 Å². The number of amides is 1. The van der Waals surface area contributed by atoms with Crippen LogP contribution in [-0.4, -0.2) is 82.4 Å². The van der Waals surface area contributed by atoms with Gasteiger partial charge in [-0.25, -0.2) is 17.7 Å². The highest BCUT2D eigenvalue weighted by atomic mass is 35.5. The number of imidazole rings is 1. The van der Waals surface area contributed by atoms with Crippen molar-refractivity contribution in [1.82, 2.24) is 18.8 Å². The molecule has 1 aliphatic heterocycles. The van der Waals surface area contributed by atoms with Gasteiger partial charge in [0, 0.05) is 45.0 Å². The Morgan fingerprint density at radius 1 is 1.14 bits per heavy atom. The number of nitrogens with zero attached hydrogens (tertiary/aromatic N) is 4. The zero-order valence-electron chi connectivity index (χ0n) is 24.0. The molecule has 0 radical (unpaired) electrons. The molecule has 3 aromatic rings. The summed E-state index contributed by atoms with van der Waals surface area (Å²) < 4.78 is 28.4. The molecule has 0 bridgehead atoms. The number of rotatable bonds is 11. The maximum atomic E-state index is 14.0. The summed E-state index contributed by atoms with van der Waals surface area (Å²) in [5.74, 6) is -1.95. The first kappa shape index (κ1) is 32.8. The lowest BCUT2D eigenvalue weighted by Crippen LogP contribution is -2.53. The van der Waals surface area contributed by atoms with Gasteiger partial charge in [-0.1, -0.05) is 6.07 Å². The number of aliphatic carboxylic acids is 1. The summed E-state index contributed by atoms with van der Waals surface area (Å²) in [7, 11) is -0.925. The van der Waals surface area contributed by atoms with E-state index in [2.05, 4.69) is 5.32 Å². The summed E-state index contributed by atoms with van der Waals surface area (Å²) in [6, 6.07) is 12.7. The molecule has 2 aromatic carbocycles. The maximum absolute atomic E-state index is 14.0. The highest BCUT2D eigenvalue weighted by molar-refractivity contribution is 7.89. The number of piperidine rings is 1. The average molecular weight is 620 g/mol. The number of nitrogens with one attached hydrogen (secondary N) is 2. The molecule has 1 atom stereocenters. The lowest BCUT2D eigenvalue weighted by molar-refractivity contribution is -0.138. The molecule has 1 unspecified atom stereocenters. The van der Waals surface area contributed by atoms with Crippen LogP contribution in [0.4, 0.5) is 5.69 Å². The van der Waals surface area contributed by atoms with Crippen LogP contribution in [0, 0.1) is 5.41 Å². The molecule has 14 heteroatoms. The van der Waals surface area contributed by atoms with Gasteiger partial charge in [0.2, 0.25) is 15.9 Å². The van der Waals surface area contributed by atoms with E-state index in [9.17, 15) is 18.0 Å². The Morgan fingerprint density at radius 3 is 2.38 bits per heavy atom. The second-order valence-corrected chi connectivity index (χ2v) is 12.8. The Bertz CT molecular complexity index is 1570. The number of benzene rings is 2. The van der Waals surface area contributed by atoms with E-state index in [1.54, 1.807) is 24.0 Å². The number of carboxylic acid groups (broad SMARTS) is 1. The number of nitrogens with two attached hydrogens (primary N) is 1. The number of halogens is 1. The van der Waals surface area contributed by atoms with E-state index < -0.39 is 27.2 Å². The van der Waals surface area contributed by atoms with E-state index in [0.717, 1.165) is 40.6 Å². The van der Waals surface area contributed by atoms with Crippen molar-refractivity contribution in [2.75, 3.05) is 37.8 Å². The second kappa shape index (κ2) is 13.1. The molecule has 1 saturated heterocycles. The minimum absolute atomic E-state index is 0. The van der Waals surface area contributed by atoms with Crippen molar-refractivity contribution >= 4 is 56.9 Å². The molecule has 2 heterocycles. The van der Waals surface area contributed by atoms with Crippen LogP contribution in [0.15, 0.2) is 42.5 Å². The molecule has 0 aliphatic carbocycles. The zero-order chi connectivity index (χ0) is 29.9. The number of sulfonamides is 1. The molecule has 1 aliphatic rings. The third-order valence-electron chi connectivity index (χ3n) is 7.69. The van der Waals surface area contributed by atoms with Crippen LogP contribution in [0.25, 0.3) is 11.0 Å². The fourth-order valence-corrected chi connectivity index (χ4v) is 6.23. The minimum atomic E-state index is -4.13. The van der Waals surface area contributed by atoms with Gasteiger partial charge in [0.25, 0.3) is 0 Å². The van der Waals surface area contributed by atoms with Gasteiger partial charge < -0.3 is 25.6 Å². The van der Waals surface area contributed by atoms with Crippen molar-refractivity contribution in [2.45, 2.75) is 38.1 Å². The number of nitrogen functional groups attached to an aromatic ring is 1. The largest absolute Gasteiger partial charge is 0.480 e. The number of likely N-dealkylation sites (N-methyl/N-ethyl adjacent to an activating group) is 1. The summed E-state index contributed by atoms with van der Waals surface area (Å²) >= 11 is 0. The number of hydrogen-bond donors (Lipinski definition) is 4. The van der Waals surface area contributed by atoms with E-state index in [1.165, 1.54) is 7.05 Å². The number of likely N-dealkylation sites (tertiary alicyclic amines) is 1. The quantitative estimate of drug-likeness (QED) is 0.187. The van der Waals surface area contributed by atoms with Crippen LogP contribution < -0.4 is 11.1 Å². The van der Waals surface area contributed by atoms with Gasteiger partial charge in [0.15, 0.2) is 5.75 Å². The number of aromatic nitrogens is 2. The third-order valence-corrected chi connectivity index (χ3v) is 9.38. The van der Waals surface area contributed by atoms with Gasteiger partial charge in [-0.2, -0.15) is 0 Å². The number of carboxylic acids is 1. The number of aryl methyl sites for hydroxylation is 1. The SMILES string of the molecule is CN(CC(C)(C(=O)N1CCCCC1)c1ccc2c(c1)nc(CNc1ccc(C(=N)N)cc1)n2C)S(=O)(=O)CC(=O)O.Cl. The fraction of sp³-hybridized carbons (Fsp3) is 0.429. The normalized spacial score (nSPS) is 15.2. The first-order valence-corrected chi connectivity index (χ1v) is 15.0. The molecule has 0 saturated carbocycles. The lowest BCUT2D eigenvalue weighted by Gasteiger charge is -2.38. The average Bonchev–Trinajstić information content (AvgIpc) is 3.25. The van der Waals surface area contributed by atoms with Crippen molar-refractivity contribution in [3.63, 3.8) is 0 Å². The number of carbonyl (C=O) groups excluding carboxylic acids is 1. The molecular weight excluding hydrogens is 582 g/mol. The Hall–Kier alpha value is -3.68. The molecule has 1 amide bonds. The molecule has 1 aromatic heterocycles. The fourth-order valence-electron chi connectivity index (χ4n) is 5.24. The van der Waals surface area contributed by atoms with Crippen molar-refractivity contribution in [3.05, 3.63) is 59.4 Å². The number of fused-ring (bicyclic) bond motifs is 1. The summed E-state index contributed by atoms with van der Waals surface area (Å²) in [5.41, 5.74) is 7.85. The monoisotopic (exact) mass is 619 g/mol. The molecular formula is C28H38ClN7O5S. The van der Waals surface area contributed by atoms with E-state index in [4.69, 9.17) is 21.2 Å². The summed E-state index contributed by atoms with van der Waals surface area (Å²) in [6.07, 6.45) is 2.79. The Labute approximate surface area is 251 Å². The van der Waals surface area contributed by atoms with Crippen LogP contribution in [-0.2, 0) is 38.6 Å². The molecule has 228 valence electrons. The van der Waals surface area contributed by atoms with Crippen molar-refractivity contribution in [2.24, 2.45) is 12.8 Å². The van der Waals surface area contributed by atoms with Gasteiger partial charge in [-0.3, -0.25) is 15.0 Å². The summed E-state index contributed by atoms with van der Waals surface area (Å²) in [6.45, 7) is 3.11. The Balaban J connectivity index is 0.00000484. The number of amidine groups is 1. The third kappa shape index (κ3) is 7.02. The van der Waals surface area contributed by atoms with Crippen LogP contribution >= 0.6 is 12.4 Å². The standard InChI is InChI=1S/C28H37N7O5S.ClH/c1-28(27(38)35-13-5-4-6-14-35,18-33(2)41(39,40)17-25(36)37)20-9-12-23-22(15-20)32-24(34(23)3)16-31-21-10-7-19(8-11-21)26(29)30;/h7-12,15,31H,4-6,13-14,16-18H2,1-3H3,(H3,29,30)(H,36,37);1H. The molecule has 42 heavy (non-hydrogen) atoms. The molecule has 4 rings (SSSR count). The van der Waals surface area contributed by atoms with Crippen LogP contribution in [0.1, 0.15) is 43.1 Å². The number of hydrogen-bond acceptors (Lipinski definition) is 7. The number of anilines is 1. The smallest absolute Gasteiger partial charge is 0.320 e. The Morgan fingerprint density at radius 2 is 1.79 bits per heavy atom. The van der Waals surface area contributed by atoms with Gasteiger partial charge >= 0.3 is 5.97 Å². The van der Waals surface area contributed by atoms with Crippen LogP contribution in [0.5, 0.6) is 0 Å². The number of carbonyl (C=O) groups is 2. The highest BCUT2D eigenvalue weighted by Crippen LogP contribution is 2.32. The highest BCUT2D eigenvalue weighted by Gasteiger charge is 2.42. The Kier molecular flexibility index (Phi) is 10.2. The van der Waals surface area contributed by atoms with Gasteiger partial charge in [-0.15, -0.1) is 12.4 Å². The first-order chi connectivity index (χ1) is 19.3. The topological polar surface area (TPSA) is 175 Å². The van der Waals surface area contributed by atoms with Crippen molar-refractivity contribution in [1.29, 1.82) is 5.41 Å². The van der Waals surface area contributed by atoms with E-state index >= 15 is 0 Å². The predicted molar refractivity (Wildman–Crippen MR) is 165 cm³/mol.